The van der Waals surface area contributed by atoms with Gasteiger partial charge in [-0.05, 0) is 11.6 Å². The largest absolute Gasteiger partial charge is 0.493 e. The maximum absolute atomic E-state index is 10.3. The van der Waals surface area contributed by atoms with Gasteiger partial charge in [-0.2, -0.15) is 0 Å². The van der Waals surface area contributed by atoms with Crippen molar-refractivity contribution in [2.45, 2.75) is 6.42 Å². The van der Waals surface area contributed by atoms with Gasteiger partial charge in [-0.25, -0.2) is 0 Å². The molecule has 0 spiro atoms. The van der Waals surface area contributed by atoms with E-state index in [1.165, 1.54) is 14.2 Å². The lowest BCUT2D eigenvalue weighted by atomic mass is 10.1. The van der Waals surface area contributed by atoms with E-state index < -0.39 is 0 Å². The van der Waals surface area contributed by atoms with Crippen LogP contribution in [0.2, 0.25) is 5.02 Å². The first kappa shape index (κ1) is 12.6. The maximum Gasteiger partial charge on any atom is 0.207 e. The maximum atomic E-state index is 10.3. The quantitative estimate of drug-likeness (QED) is 0.589. The van der Waals surface area contributed by atoms with Crippen LogP contribution >= 0.6 is 11.6 Å². The molecule has 0 aliphatic rings. The molecule has 0 saturated carbocycles. The highest BCUT2D eigenvalue weighted by molar-refractivity contribution is 6.33. The molecule has 0 saturated heterocycles. The van der Waals surface area contributed by atoms with Gasteiger partial charge in [-0.15, -0.1) is 0 Å². The van der Waals surface area contributed by atoms with Crippen molar-refractivity contribution in [3.63, 3.8) is 0 Å². The van der Waals surface area contributed by atoms with E-state index in [4.69, 9.17) is 21.1 Å². The first-order valence-corrected chi connectivity index (χ1v) is 4.99. The van der Waals surface area contributed by atoms with Crippen LogP contribution in [0.3, 0.4) is 0 Å². The van der Waals surface area contributed by atoms with Gasteiger partial charge in [0.05, 0.1) is 19.2 Å². The van der Waals surface area contributed by atoms with E-state index in [1.807, 2.05) is 0 Å². The zero-order valence-electron chi connectivity index (χ0n) is 9.03. The molecule has 0 aliphatic heterocycles. The number of ether oxygens (including phenoxy) is 2. The molecule has 0 heterocycles. The number of halogens is 1. The summed E-state index contributed by atoms with van der Waals surface area (Å²) < 4.78 is 10.1. The minimum atomic E-state index is -0.382. The van der Waals surface area contributed by atoms with Crippen LogP contribution in [0.1, 0.15) is 5.56 Å². The van der Waals surface area contributed by atoms with Gasteiger partial charge in [-0.1, -0.05) is 17.7 Å². The Labute approximate surface area is 98.1 Å². The smallest absolute Gasteiger partial charge is 0.207 e. The normalized spacial score (nSPS) is 9.94. The Morgan fingerprint density at radius 3 is 2.56 bits per heavy atom. The summed E-state index contributed by atoms with van der Waals surface area (Å²) in [6, 6.07) is 3.38. The zero-order valence-corrected chi connectivity index (χ0v) is 9.78. The molecule has 0 N–H and O–H groups in total. The van der Waals surface area contributed by atoms with Crippen LogP contribution < -0.4 is 9.47 Å². The van der Waals surface area contributed by atoms with Crippen LogP contribution in [-0.4, -0.2) is 25.7 Å². The number of benzene rings is 1. The molecule has 0 bridgehead atoms. The third-order valence-corrected chi connectivity index (χ3v) is 2.54. The van der Waals surface area contributed by atoms with Crippen molar-refractivity contribution in [2.75, 3.05) is 20.8 Å². The summed E-state index contributed by atoms with van der Waals surface area (Å²) in [7, 11) is 2.98. The Hall–Kier alpha value is -1.49. The monoisotopic (exact) mass is 245 g/mol. The summed E-state index contributed by atoms with van der Waals surface area (Å²) in [6.07, 6.45) is 0.270. The number of methoxy groups -OCH3 is 2. The van der Waals surface area contributed by atoms with Gasteiger partial charge in [0, 0.05) is 11.3 Å². The van der Waals surface area contributed by atoms with Crippen molar-refractivity contribution in [3.8, 4) is 11.5 Å². The van der Waals surface area contributed by atoms with Crippen molar-refractivity contribution in [1.82, 2.24) is 0 Å². The summed E-state index contributed by atoms with van der Waals surface area (Å²) in [5.74, 6) is 0.919. The Morgan fingerprint density at radius 2 is 2.06 bits per heavy atom. The highest BCUT2D eigenvalue weighted by atomic mass is 35.5. The third-order valence-electron chi connectivity index (χ3n) is 2.13. The summed E-state index contributed by atoms with van der Waals surface area (Å²) in [4.78, 5) is 9.89. The van der Waals surface area contributed by atoms with E-state index in [1.54, 1.807) is 12.1 Å². The van der Waals surface area contributed by atoms with Gasteiger partial charge < -0.3 is 9.47 Å². The van der Waals surface area contributed by atoms with Crippen LogP contribution in [-0.2, 0) is 6.42 Å². The molecule has 0 fully saturated rings. The number of nitro groups is 1. The molecule has 1 rings (SSSR count). The van der Waals surface area contributed by atoms with Crippen molar-refractivity contribution in [2.24, 2.45) is 0 Å². The van der Waals surface area contributed by atoms with Gasteiger partial charge in [0.2, 0.25) is 6.54 Å². The third kappa shape index (κ3) is 2.76. The Bertz CT molecular complexity index is 395. The predicted octanol–water partition coefficient (Wildman–Crippen LogP) is 2.18. The van der Waals surface area contributed by atoms with Crippen LogP contribution in [0.4, 0.5) is 0 Å². The average molecular weight is 246 g/mol. The van der Waals surface area contributed by atoms with Crippen LogP contribution in [0.15, 0.2) is 12.1 Å². The highest BCUT2D eigenvalue weighted by Crippen LogP contribution is 2.37. The van der Waals surface area contributed by atoms with E-state index in [0.29, 0.717) is 22.1 Å². The lowest BCUT2D eigenvalue weighted by Crippen LogP contribution is -2.05. The molecule has 88 valence electrons. The fraction of sp³-hybridized carbons (Fsp3) is 0.400. The lowest BCUT2D eigenvalue weighted by Gasteiger charge is -2.11. The van der Waals surface area contributed by atoms with Crippen LogP contribution in [0, 0.1) is 10.1 Å². The molecule has 6 heteroatoms. The highest BCUT2D eigenvalue weighted by Gasteiger charge is 2.14. The molecule has 0 radical (unpaired) electrons. The molecule has 0 unspecified atom stereocenters. The number of nitrogens with zero attached hydrogens (tertiary/aromatic N) is 1. The Balaban J connectivity index is 2.99. The fourth-order valence-corrected chi connectivity index (χ4v) is 1.66. The molecule has 0 aliphatic carbocycles. The van der Waals surface area contributed by atoms with Gasteiger partial charge in [0.25, 0.3) is 0 Å². The molecule has 0 aromatic heterocycles. The Kier molecular flexibility index (Phi) is 4.37. The SMILES string of the molecule is COc1ccc(CC[N+](=O)[O-])c(Cl)c1OC. The van der Waals surface area contributed by atoms with E-state index >= 15 is 0 Å². The first-order chi connectivity index (χ1) is 7.60. The van der Waals surface area contributed by atoms with Crippen LogP contribution in [0.5, 0.6) is 11.5 Å². The van der Waals surface area contributed by atoms with E-state index in [0.717, 1.165) is 0 Å². The van der Waals surface area contributed by atoms with E-state index in [2.05, 4.69) is 0 Å². The Morgan fingerprint density at radius 1 is 1.38 bits per heavy atom. The molecule has 16 heavy (non-hydrogen) atoms. The van der Waals surface area contributed by atoms with Gasteiger partial charge >= 0.3 is 0 Å². The number of hydrogen-bond acceptors (Lipinski definition) is 4. The fourth-order valence-electron chi connectivity index (χ4n) is 1.33. The molecule has 0 atom stereocenters. The second-order valence-electron chi connectivity index (χ2n) is 3.08. The van der Waals surface area contributed by atoms with E-state index in [-0.39, 0.29) is 17.9 Å². The van der Waals surface area contributed by atoms with Gasteiger partial charge in [0.1, 0.15) is 0 Å². The predicted molar refractivity (Wildman–Crippen MR) is 60.1 cm³/mol. The molecular formula is C10H12ClNO4. The summed E-state index contributed by atoms with van der Waals surface area (Å²) in [5.41, 5.74) is 0.677. The van der Waals surface area contributed by atoms with Crippen molar-refractivity contribution < 1.29 is 14.4 Å². The zero-order chi connectivity index (χ0) is 12.1. The summed E-state index contributed by atoms with van der Waals surface area (Å²) in [6.45, 7) is -0.158. The number of hydrogen-bond donors (Lipinski definition) is 0. The van der Waals surface area contributed by atoms with Crippen molar-refractivity contribution in [3.05, 3.63) is 32.8 Å². The van der Waals surface area contributed by atoms with Crippen molar-refractivity contribution >= 4 is 11.6 Å². The second kappa shape index (κ2) is 5.55. The van der Waals surface area contributed by atoms with E-state index in [9.17, 15) is 10.1 Å². The average Bonchev–Trinajstić information content (AvgIpc) is 2.26. The summed E-state index contributed by atoms with van der Waals surface area (Å²) in [5, 5.41) is 10.6. The van der Waals surface area contributed by atoms with Gasteiger partial charge in [-0.3, -0.25) is 10.1 Å². The van der Waals surface area contributed by atoms with Gasteiger partial charge in [0.15, 0.2) is 11.5 Å². The van der Waals surface area contributed by atoms with Crippen LogP contribution in [0.25, 0.3) is 0 Å². The lowest BCUT2D eigenvalue weighted by molar-refractivity contribution is -0.479. The molecule has 1 aromatic rings. The number of rotatable bonds is 5. The minimum absolute atomic E-state index is 0.158. The first-order valence-electron chi connectivity index (χ1n) is 4.61. The molecule has 5 nitrogen and oxygen atoms in total. The molecule has 1 aromatic carbocycles. The standard InChI is InChI=1S/C10H12ClNO4/c1-15-8-4-3-7(5-6-12(13)14)9(11)10(8)16-2/h3-4H,5-6H2,1-2H3. The topological polar surface area (TPSA) is 61.6 Å². The van der Waals surface area contributed by atoms with Crippen molar-refractivity contribution in [1.29, 1.82) is 0 Å². The molecule has 0 amide bonds. The second-order valence-corrected chi connectivity index (χ2v) is 3.46. The molecular weight excluding hydrogens is 234 g/mol. The minimum Gasteiger partial charge on any atom is -0.493 e. The summed E-state index contributed by atoms with van der Waals surface area (Å²) >= 11 is 6.05.